The van der Waals surface area contributed by atoms with Crippen molar-refractivity contribution in [2.24, 2.45) is 5.92 Å². The molecule has 1 aromatic rings. The van der Waals surface area contributed by atoms with Gasteiger partial charge in [-0.2, -0.15) is 0 Å². The molecule has 1 fully saturated rings. The minimum Gasteiger partial charge on any atom is -0.338 e. The van der Waals surface area contributed by atoms with E-state index < -0.39 is 0 Å². The van der Waals surface area contributed by atoms with Gasteiger partial charge >= 0.3 is 0 Å². The van der Waals surface area contributed by atoms with E-state index in [1.165, 1.54) is 6.07 Å². The van der Waals surface area contributed by atoms with Crippen LogP contribution in [0.15, 0.2) is 18.2 Å². The SMILES string of the molecule is CC1CCN(C(=O)c2ccc(F)c(C(C)C)c2)C1. The largest absolute Gasteiger partial charge is 0.338 e. The number of benzene rings is 1. The Kier molecular flexibility index (Phi) is 3.69. The summed E-state index contributed by atoms with van der Waals surface area (Å²) in [7, 11) is 0. The molecule has 2 nitrogen and oxygen atoms in total. The molecule has 1 aliphatic heterocycles. The molecule has 18 heavy (non-hydrogen) atoms. The van der Waals surface area contributed by atoms with Crippen LogP contribution in [0.2, 0.25) is 0 Å². The summed E-state index contributed by atoms with van der Waals surface area (Å²) in [6, 6.07) is 4.69. The molecule has 1 saturated heterocycles. The van der Waals surface area contributed by atoms with Crippen molar-refractivity contribution in [2.45, 2.75) is 33.1 Å². The van der Waals surface area contributed by atoms with Gasteiger partial charge in [0, 0.05) is 18.7 Å². The Morgan fingerprint density at radius 1 is 1.44 bits per heavy atom. The van der Waals surface area contributed by atoms with E-state index in [9.17, 15) is 9.18 Å². The molecule has 1 aromatic carbocycles. The van der Waals surface area contributed by atoms with Crippen LogP contribution in [0.4, 0.5) is 4.39 Å². The monoisotopic (exact) mass is 249 g/mol. The second kappa shape index (κ2) is 5.09. The lowest BCUT2D eigenvalue weighted by Crippen LogP contribution is -2.28. The number of hydrogen-bond acceptors (Lipinski definition) is 1. The minimum absolute atomic E-state index is 0.0289. The van der Waals surface area contributed by atoms with Gasteiger partial charge in [-0.1, -0.05) is 20.8 Å². The first-order valence-electron chi connectivity index (χ1n) is 6.57. The van der Waals surface area contributed by atoms with Gasteiger partial charge in [0.25, 0.3) is 5.91 Å². The van der Waals surface area contributed by atoms with Crippen molar-refractivity contribution in [3.63, 3.8) is 0 Å². The summed E-state index contributed by atoms with van der Waals surface area (Å²) in [6.07, 6.45) is 1.06. The van der Waals surface area contributed by atoms with Crippen LogP contribution < -0.4 is 0 Å². The second-order valence-corrected chi connectivity index (χ2v) is 5.54. The van der Waals surface area contributed by atoms with Crippen molar-refractivity contribution in [3.05, 3.63) is 35.1 Å². The zero-order valence-electron chi connectivity index (χ0n) is 11.2. The molecule has 98 valence electrons. The first-order valence-corrected chi connectivity index (χ1v) is 6.57. The number of carbonyl (C=O) groups excluding carboxylic acids is 1. The highest BCUT2D eigenvalue weighted by molar-refractivity contribution is 5.94. The van der Waals surface area contributed by atoms with E-state index in [4.69, 9.17) is 0 Å². The van der Waals surface area contributed by atoms with Gasteiger partial charge in [0.05, 0.1) is 0 Å². The molecule has 0 saturated carbocycles. The third kappa shape index (κ3) is 2.55. The molecule has 1 amide bonds. The van der Waals surface area contributed by atoms with Gasteiger partial charge in [0.1, 0.15) is 5.82 Å². The van der Waals surface area contributed by atoms with Gasteiger partial charge < -0.3 is 4.90 Å². The zero-order valence-corrected chi connectivity index (χ0v) is 11.2. The van der Waals surface area contributed by atoms with Crippen molar-refractivity contribution in [1.82, 2.24) is 4.90 Å². The van der Waals surface area contributed by atoms with Crippen molar-refractivity contribution < 1.29 is 9.18 Å². The predicted octanol–water partition coefficient (Wildman–Crippen LogP) is 3.43. The number of amides is 1. The normalized spacial score (nSPS) is 19.6. The molecule has 1 atom stereocenters. The summed E-state index contributed by atoms with van der Waals surface area (Å²) in [5, 5.41) is 0. The van der Waals surface area contributed by atoms with E-state index in [2.05, 4.69) is 6.92 Å². The van der Waals surface area contributed by atoms with E-state index in [0.717, 1.165) is 19.5 Å². The fourth-order valence-electron chi connectivity index (χ4n) is 2.42. The van der Waals surface area contributed by atoms with Gasteiger partial charge in [0.15, 0.2) is 0 Å². The van der Waals surface area contributed by atoms with E-state index in [1.54, 1.807) is 12.1 Å². The molecule has 0 aromatic heterocycles. The third-order valence-electron chi connectivity index (χ3n) is 3.58. The van der Waals surface area contributed by atoms with Gasteiger partial charge in [-0.3, -0.25) is 4.79 Å². The Morgan fingerprint density at radius 2 is 2.17 bits per heavy atom. The molecule has 1 heterocycles. The van der Waals surface area contributed by atoms with Gasteiger partial charge in [-0.15, -0.1) is 0 Å². The Bertz CT molecular complexity index is 456. The van der Waals surface area contributed by atoms with Crippen LogP contribution >= 0.6 is 0 Å². The van der Waals surface area contributed by atoms with Crippen molar-refractivity contribution in [1.29, 1.82) is 0 Å². The standard InChI is InChI=1S/C15H20FNO/c1-10(2)13-8-12(4-5-14(13)16)15(18)17-7-6-11(3)9-17/h4-5,8,10-11H,6-7,9H2,1-3H3. The summed E-state index contributed by atoms with van der Waals surface area (Å²) >= 11 is 0. The summed E-state index contributed by atoms with van der Waals surface area (Å²) in [6.45, 7) is 7.65. The molecule has 2 rings (SSSR count). The van der Waals surface area contributed by atoms with Gasteiger partial charge in [0.2, 0.25) is 0 Å². The molecule has 1 unspecified atom stereocenters. The van der Waals surface area contributed by atoms with Gasteiger partial charge in [-0.25, -0.2) is 4.39 Å². The van der Waals surface area contributed by atoms with Crippen LogP contribution in [0.5, 0.6) is 0 Å². The maximum absolute atomic E-state index is 13.6. The first kappa shape index (κ1) is 13.1. The van der Waals surface area contributed by atoms with E-state index >= 15 is 0 Å². The molecule has 0 N–H and O–H groups in total. The minimum atomic E-state index is -0.226. The van der Waals surface area contributed by atoms with Crippen LogP contribution in [0.3, 0.4) is 0 Å². The van der Waals surface area contributed by atoms with Gasteiger partial charge in [-0.05, 0) is 42.0 Å². The zero-order chi connectivity index (χ0) is 13.3. The smallest absolute Gasteiger partial charge is 0.253 e. The summed E-state index contributed by atoms with van der Waals surface area (Å²) in [5.74, 6) is 0.465. The van der Waals surface area contributed by atoms with Crippen LogP contribution in [-0.2, 0) is 0 Å². The molecule has 0 radical (unpaired) electrons. The predicted molar refractivity (Wildman–Crippen MR) is 70.2 cm³/mol. The second-order valence-electron chi connectivity index (χ2n) is 5.54. The topological polar surface area (TPSA) is 20.3 Å². The summed E-state index contributed by atoms with van der Waals surface area (Å²) < 4.78 is 13.6. The molecule has 0 bridgehead atoms. The number of rotatable bonds is 2. The Morgan fingerprint density at radius 3 is 2.72 bits per heavy atom. The number of hydrogen-bond donors (Lipinski definition) is 0. The third-order valence-corrected chi connectivity index (χ3v) is 3.58. The molecular weight excluding hydrogens is 229 g/mol. The van der Waals surface area contributed by atoms with Crippen molar-refractivity contribution in [2.75, 3.05) is 13.1 Å². The average Bonchev–Trinajstić information content (AvgIpc) is 2.75. The average molecular weight is 249 g/mol. The highest BCUT2D eigenvalue weighted by Gasteiger charge is 2.24. The quantitative estimate of drug-likeness (QED) is 0.786. The number of halogens is 1. The fourth-order valence-corrected chi connectivity index (χ4v) is 2.42. The van der Waals surface area contributed by atoms with E-state index in [-0.39, 0.29) is 17.6 Å². The van der Waals surface area contributed by atoms with Crippen LogP contribution in [0.25, 0.3) is 0 Å². The van der Waals surface area contributed by atoms with Crippen LogP contribution in [-0.4, -0.2) is 23.9 Å². The van der Waals surface area contributed by atoms with Crippen LogP contribution in [0.1, 0.15) is 49.0 Å². The number of likely N-dealkylation sites (tertiary alicyclic amines) is 1. The lowest BCUT2D eigenvalue weighted by molar-refractivity contribution is 0.0788. The number of nitrogens with zero attached hydrogens (tertiary/aromatic N) is 1. The van der Waals surface area contributed by atoms with E-state index in [0.29, 0.717) is 17.0 Å². The highest BCUT2D eigenvalue weighted by Crippen LogP contribution is 2.22. The highest BCUT2D eigenvalue weighted by atomic mass is 19.1. The lowest BCUT2D eigenvalue weighted by Gasteiger charge is -2.17. The Balaban J connectivity index is 2.23. The molecule has 1 aliphatic rings. The van der Waals surface area contributed by atoms with Crippen LogP contribution in [0, 0.1) is 11.7 Å². The summed E-state index contributed by atoms with van der Waals surface area (Å²) in [4.78, 5) is 14.1. The molecular formula is C15H20FNO. The fraction of sp³-hybridized carbons (Fsp3) is 0.533. The molecule has 0 spiro atoms. The lowest BCUT2D eigenvalue weighted by atomic mass is 9.99. The molecule has 0 aliphatic carbocycles. The maximum Gasteiger partial charge on any atom is 0.253 e. The Hall–Kier alpha value is -1.38. The summed E-state index contributed by atoms with van der Waals surface area (Å²) in [5.41, 5.74) is 1.22. The number of carbonyl (C=O) groups is 1. The van der Waals surface area contributed by atoms with Crippen molar-refractivity contribution >= 4 is 5.91 Å². The Labute approximate surface area is 108 Å². The van der Waals surface area contributed by atoms with Crippen molar-refractivity contribution in [3.8, 4) is 0 Å². The van der Waals surface area contributed by atoms with E-state index in [1.807, 2.05) is 18.7 Å². The maximum atomic E-state index is 13.6. The molecule has 3 heteroatoms. The first-order chi connectivity index (χ1) is 8.49.